The zero-order valence-electron chi connectivity index (χ0n) is 15.9. The van der Waals surface area contributed by atoms with Gasteiger partial charge in [0.15, 0.2) is 5.82 Å². The average molecular weight is 401 g/mol. The van der Waals surface area contributed by atoms with Crippen molar-refractivity contribution < 1.29 is 22.8 Å². The smallest absolute Gasteiger partial charge is 0.335 e. The third kappa shape index (κ3) is 5.03. The number of hydrogen-bond donors (Lipinski definition) is 2. The number of nitrogens with two attached hydrogens (primary N) is 1. The summed E-state index contributed by atoms with van der Waals surface area (Å²) in [6.07, 6.45) is 1.43. The number of carbonyl (C=O) groups is 2. The molecule has 0 bridgehead atoms. The first-order valence-electron chi connectivity index (χ1n) is 9.50. The number of hydrogen-bond acceptors (Lipinski definition) is 4. The molecule has 0 saturated heterocycles. The molecule has 2 atom stereocenters. The second kappa shape index (κ2) is 7.73. The van der Waals surface area contributed by atoms with E-state index in [0.29, 0.717) is 16.7 Å². The number of aromatic nitrogens is 2. The van der Waals surface area contributed by atoms with Gasteiger partial charge in [-0.3, -0.25) is 14.3 Å². The SMILES string of the molecule is CC(C(=O)N(C)CC(F)(F)F)n1ccc(NC(=O)[C@@H](N)C(C2CC2)C2CC2)n1. The van der Waals surface area contributed by atoms with E-state index >= 15 is 0 Å². The molecule has 2 amide bonds. The molecule has 2 fully saturated rings. The molecule has 2 aliphatic rings. The molecule has 2 saturated carbocycles. The second-order valence-corrected chi connectivity index (χ2v) is 7.93. The molecule has 1 aromatic heterocycles. The summed E-state index contributed by atoms with van der Waals surface area (Å²) in [5.74, 6) is 0.419. The van der Waals surface area contributed by atoms with Crippen LogP contribution in [0.15, 0.2) is 12.3 Å². The van der Waals surface area contributed by atoms with Crippen molar-refractivity contribution in [3.8, 4) is 0 Å². The minimum atomic E-state index is -4.47. The highest BCUT2D eigenvalue weighted by molar-refractivity contribution is 5.94. The van der Waals surface area contributed by atoms with Crippen LogP contribution >= 0.6 is 0 Å². The van der Waals surface area contributed by atoms with Crippen LogP contribution in [0.4, 0.5) is 19.0 Å². The second-order valence-electron chi connectivity index (χ2n) is 7.93. The van der Waals surface area contributed by atoms with E-state index in [-0.39, 0.29) is 17.6 Å². The molecule has 28 heavy (non-hydrogen) atoms. The van der Waals surface area contributed by atoms with Crippen molar-refractivity contribution >= 4 is 17.6 Å². The van der Waals surface area contributed by atoms with Gasteiger partial charge in [-0.05, 0) is 50.4 Å². The quantitative estimate of drug-likeness (QED) is 0.698. The van der Waals surface area contributed by atoms with Crippen molar-refractivity contribution in [2.75, 3.05) is 18.9 Å². The first-order chi connectivity index (χ1) is 13.1. The normalized spacial score (nSPS) is 19.4. The Labute approximate surface area is 161 Å². The van der Waals surface area contributed by atoms with Gasteiger partial charge in [-0.15, -0.1) is 0 Å². The zero-order chi connectivity index (χ0) is 20.6. The summed E-state index contributed by atoms with van der Waals surface area (Å²) >= 11 is 0. The van der Waals surface area contributed by atoms with E-state index in [0.717, 1.165) is 32.7 Å². The number of nitrogens with one attached hydrogen (secondary N) is 1. The summed E-state index contributed by atoms with van der Waals surface area (Å²) in [4.78, 5) is 25.3. The number of rotatable bonds is 8. The van der Waals surface area contributed by atoms with Gasteiger partial charge in [0.2, 0.25) is 11.8 Å². The molecule has 1 heterocycles. The summed E-state index contributed by atoms with van der Waals surface area (Å²) in [5, 5.41) is 6.78. The monoisotopic (exact) mass is 401 g/mol. The van der Waals surface area contributed by atoms with Gasteiger partial charge in [-0.1, -0.05) is 0 Å². The number of carbonyl (C=O) groups excluding carboxylic acids is 2. The number of amides is 2. The van der Waals surface area contributed by atoms with Crippen LogP contribution in [0.5, 0.6) is 0 Å². The fourth-order valence-electron chi connectivity index (χ4n) is 3.72. The lowest BCUT2D eigenvalue weighted by atomic mass is 9.89. The highest BCUT2D eigenvalue weighted by Gasteiger charge is 2.46. The van der Waals surface area contributed by atoms with Crippen LogP contribution in [-0.4, -0.2) is 52.3 Å². The summed E-state index contributed by atoms with van der Waals surface area (Å²) in [5.41, 5.74) is 6.19. The van der Waals surface area contributed by atoms with Crippen LogP contribution in [0.2, 0.25) is 0 Å². The number of anilines is 1. The van der Waals surface area contributed by atoms with Crippen molar-refractivity contribution in [2.45, 2.75) is 50.9 Å². The molecule has 7 nitrogen and oxygen atoms in total. The van der Waals surface area contributed by atoms with Crippen LogP contribution in [0.1, 0.15) is 38.6 Å². The van der Waals surface area contributed by atoms with Crippen molar-refractivity contribution in [2.24, 2.45) is 23.5 Å². The van der Waals surface area contributed by atoms with E-state index in [1.165, 1.54) is 23.9 Å². The van der Waals surface area contributed by atoms with E-state index in [2.05, 4.69) is 10.4 Å². The number of likely N-dealkylation sites (N-methyl/N-ethyl adjacent to an activating group) is 1. The Balaban J connectivity index is 1.58. The van der Waals surface area contributed by atoms with E-state index in [1.807, 2.05) is 0 Å². The van der Waals surface area contributed by atoms with Gasteiger partial charge in [-0.2, -0.15) is 18.3 Å². The Hall–Kier alpha value is -2.10. The van der Waals surface area contributed by atoms with E-state index in [4.69, 9.17) is 5.73 Å². The molecule has 0 aromatic carbocycles. The first kappa shape index (κ1) is 20.6. The first-order valence-corrected chi connectivity index (χ1v) is 9.50. The van der Waals surface area contributed by atoms with Gasteiger partial charge in [-0.25, -0.2) is 0 Å². The van der Waals surface area contributed by atoms with Crippen LogP contribution < -0.4 is 11.1 Å². The minimum absolute atomic E-state index is 0.193. The van der Waals surface area contributed by atoms with Crippen LogP contribution in [0, 0.1) is 17.8 Å². The Morgan fingerprint density at radius 1 is 1.32 bits per heavy atom. The molecule has 156 valence electrons. The standard InChI is InChI=1S/C18H26F3N5O2/c1-10(17(28)25(2)9-18(19,20)21)26-8-7-13(24-26)23-16(27)15(22)14(11-3-4-11)12-5-6-12/h7-8,10-12,14-15H,3-6,9,22H2,1-2H3,(H,23,24,27)/t10?,15-/m0/s1. The molecule has 1 aromatic rings. The zero-order valence-corrected chi connectivity index (χ0v) is 15.9. The Bertz CT molecular complexity index is 715. The Kier molecular flexibility index (Phi) is 5.69. The van der Waals surface area contributed by atoms with Gasteiger partial charge < -0.3 is 16.0 Å². The molecular formula is C18H26F3N5O2. The molecule has 3 N–H and O–H groups in total. The Morgan fingerprint density at radius 2 is 1.89 bits per heavy atom. The van der Waals surface area contributed by atoms with E-state index in [9.17, 15) is 22.8 Å². The van der Waals surface area contributed by atoms with Crippen LogP contribution in [0.25, 0.3) is 0 Å². The van der Waals surface area contributed by atoms with Gasteiger partial charge in [0.05, 0.1) is 6.04 Å². The third-order valence-electron chi connectivity index (χ3n) is 5.46. The average Bonchev–Trinajstić information content (AvgIpc) is 3.53. The lowest BCUT2D eigenvalue weighted by molar-refractivity contribution is -0.160. The Morgan fingerprint density at radius 3 is 2.39 bits per heavy atom. The molecule has 0 spiro atoms. The minimum Gasteiger partial charge on any atom is -0.335 e. The molecule has 0 radical (unpaired) electrons. The molecule has 1 unspecified atom stereocenters. The van der Waals surface area contributed by atoms with Gasteiger partial charge in [0.1, 0.15) is 12.6 Å². The van der Waals surface area contributed by atoms with Crippen molar-refractivity contribution in [1.29, 1.82) is 0 Å². The number of halogens is 3. The number of nitrogens with zero attached hydrogens (tertiary/aromatic N) is 3. The largest absolute Gasteiger partial charge is 0.406 e. The molecule has 3 rings (SSSR count). The maximum absolute atomic E-state index is 12.5. The maximum Gasteiger partial charge on any atom is 0.406 e. The molecule has 10 heteroatoms. The molecular weight excluding hydrogens is 375 g/mol. The lowest BCUT2D eigenvalue weighted by Gasteiger charge is -2.23. The van der Waals surface area contributed by atoms with Crippen LogP contribution in [-0.2, 0) is 9.59 Å². The summed E-state index contributed by atoms with van der Waals surface area (Å²) in [6, 6.07) is -0.0407. The van der Waals surface area contributed by atoms with E-state index < -0.39 is 30.7 Å². The van der Waals surface area contributed by atoms with Gasteiger partial charge in [0, 0.05) is 19.3 Å². The lowest BCUT2D eigenvalue weighted by Crippen LogP contribution is -2.44. The number of alkyl halides is 3. The fraction of sp³-hybridized carbons (Fsp3) is 0.722. The topological polar surface area (TPSA) is 93.2 Å². The highest BCUT2D eigenvalue weighted by Crippen LogP contribution is 2.50. The van der Waals surface area contributed by atoms with Gasteiger partial charge in [0.25, 0.3) is 0 Å². The predicted molar refractivity (Wildman–Crippen MR) is 96.2 cm³/mol. The van der Waals surface area contributed by atoms with Crippen molar-refractivity contribution in [3.05, 3.63) is 12.3 Å². The summed E-state index contributed by atoms with van der Waals surface area (Å²) < 4.78 is 38.6. The molecule has 0 aliphatic heterocycles. The van der Waals surface area contributed by atoms with Gasteiger partial charge >= 0.3 is 6.18 Å². The summed E-state index contributed by atoms with van der Waals surface area (Å²) in [6.45, 7) is 0.120. The highest BCUT2D eigenvalue weighted by atomic mass is 19.4. The third-order valence-corrected chi connectivity index (χ3v) is 5.46. The van der Waals surface area contributed by atoms with Crippen LogP contribution in [0.3, 0.4) is 0 Å². The fourth-order valence-corrected chi connectivity index (χ4v) is 3.72. The van der Waals surface area contributed by atoms with E-state index in [1.54, 1.807) is 0 Å². The maximum atomic E-state index is 12.5. The summed E-state index contributed by atoms with van der Waals surface area (Å²) in [7, 11) is 1.09. The van der Waals surface area contributed by atoms with Crippen molar-refractivity contribution in [3.63, 3.8) is 0 Å². The molecule has 2 aliphatic carbocycles. The van der Waals surface area contributed by atoms with Crippen molar-refractivity contribution in [1.82, 2.24) is 14.7 Å². The predicted octanol–water partition coefficient (Wildman–Crippen LogP) is 2.17.